The van der Waals surface area contributed by atoms with Crippen molar-refractivity contribution in [3.63, 3.8) is 0 Å². The lowest BCUT2D eigenvalue weighted by molar-refractivity contribution is 0.0948. The minimum atomic E-state index is -0.559. The summed E-state index contributed by atoms with van der Waals surface area (Å²) in [4.78, 5) is 14.6. The molecular weight excluding hydrogens is 402 g/mol. The van der Waals surface area contributed by atoms with E-state index in [0.717, 1.165) is 71.4 Å². The number of benzene rings is 1. The number of fused-ring (bicyclic) bond motifs is 2. The summed E-state index contributed by atoms with van der Waals surface area (Å²) >= 11 is 0. The van der Waals surface area contributed by atoms with E-state index in [9.17, 15) is 5.11 Å². The molecule has 1 atom stereocenters. The minimum Gasteiger partial charge on any atom is -0.497 e. The van der Waals surface area contributed by atoms with Crippen LogP contribution >= 0.6 is 0 Å². The van der Waals surface area contributed by atoms with Crippen molar-refractivity contribution < 1.29 is 9.84 Å². The molecule has 4 heterocycles. The standard InChI is InChI=1S/C25H29N5O2/c1-32-19-4-5-22-21(14-19)20(6-10-27-22)25(31)16-30-11-7-17(8-12-30)28-15-18-13-24-23(29-18)3-2-9-26-24/h2-6,9-10,13-14,17,25,28-29,31H,7-8,11-12,15-16H2,1H3/t25-/m0/s1. The molecule has 7 nitrogen and oxygen atoms in total. The molecule has 1 aliphatic rings. The van der Waals surface area contributed by atoms with Crippen molar-refractivity contribution in [3.8, 4) is 5.75 Å². The average Bonchev–Trinajstić information content (AvgIpc) is 3.26. The van der Waals surface area contributed by atoms with Gasteiger partial charge >= 0.3 is 0 Å². The number of aromatic nitrogens is 3. The highest BCUT2D eigenvalue weighted by atomic mass is 16.5. The monoisotopic (exact) mass is 431 g/mol. The predicted molar refractivity (Wildman–Crippen MR) is 126 cm³/mol. The number of hydrogen-bond acceptors (Lipinski definition) is 6. The van der Waals surface area contributed by atoms with Crippen LogP contribution in [-0.4, -0.2) is 57.7 Å². The zero-order valence-corrected chi connectivity index (χ0v) is 18.3. The van der Waals surface area contributed by atoms with Crippen molar-refractivity contribution >= 4 is 21.9 Å². The summed E-state index contributed by atoms with van der Waals surface area (Å²) in [6.45, 7) is 3.37. The molecule has 1 aromatic carbocycles. The van der Waals surface area contributed by atoms with E-state index < -0.39 is 6.10 Å². The van der Waals surface area contributed by atoms with Gasteiger partial charge in [0.05, 0.1) is 29.8 Å². The summed E-state index contributed by atoms with van der Waals surface area (Å²) in [5.74, 6) is 0.775. The van der Waals surface area contributed by atoms with Crippen molar-refractivity contribution in [2.45, 2.75) is 31.5 Å². The Morgan fingerprint density at radius 3 is 2.78 bits per heavy atom. The Labute approximate surface area is 187 Å². The summed E-state index contributed by atoms with van der Waals surface area (Å²) in [5.41, 5.74) is 5.03. The number of H-pyrrole nitrogens is 1. The van der Waals surface area contributed by atoms with Crippen LogP contribution in [0.3, 0.4) is 0 Å². The Kier molecular flexibility index (Phi) is 6.03. The second kappa shape index (κ2) is 9.24. The molecule has 0 saturated carbocycles. The van der Waals surface area contributed by atoms with Gasteiger partial charge in [0.15, 0.2) is 0 Å². The van der Waals surface area contributed by atoms with Crippen LogP contribution in [0.5, 0.6) is 5.75 Å². The number of ether oxygens (including phenoxy) is 1. The number of rotatable bonds is 7. The molecule has 32 heavy (non-hydrogen) atoms. The number of nitrogens with one attached hydrogen (secondary N) is 2. The van der Waals surface area contributed by atoms with Crippen molar-refractivity contribution in [1.82, 2.24) is 25.2 Å². The topological polar surface area (TPSA) is 86.3 Å². The van der Waals surface area contributed by atoms with E-state index in [0.29, 0.717) is 12.6 Å². The average molecular weight is 432 g/mol. The fourth-order valence-corrected chi connectivity index (χ4v) is 4.59. The van der Waals surface area contributed by atoms with E-state index in [1.807, 2.05) is 36.5 Å². The van der Waals surface area contributed by atoms with Gasteiger partial charge in [-0.15, -0.1) is 0 Å². The fourth-order valence-electron chi connectivity index (χ4n) is 4.59. The van der Waals surface area contributed by atoms with E-state index in [1.165, 1.54) is 0 Å². The van der Waals surface area contributed by atoms with Gasteiger partial charge in [0.25, 0.3) is 0 Å². The molecule has 4 aromatic rings. The highest BCUT2D eigenvalue weighted by molar-refractivity contribution is 5.83. The SMILES string of the molecule is COc1ccc2nccc([C@@H](O)CN3CCC(NCc4cc5ncccc5[nH]4)CC3)c2c1. The van der Waals surface area contributed by atoms with E-state index in [1.54, 1.807) is 13.3 Å². The van der Waals surface area contributed by atoms with Gasteiger partial charge in [-0.1, -0.05) is 0 Å². The van der Waals surface area contributed by atoms with Crippen LogP contribution < -0.4 is 10.1 Å². The van der Waals surface area contributed by atoms with Crippen LogP contribution in [0.15, 0.2) is 54.9 Å². The van der Waals surface area contributed by atoms with Crippen LogP contribution in [-0.2, 0) is 6.54 Å². The van der Waals surface area contributed by atoms with E-state index >= 15 is 0 Å². The lowest BCUT2D eigenvalue weighted by atomic mass is 10.0. The first-order chi connectivity index (χ1) is 15.7. The maximum atomic E-state index is 11.0. The fraction of sp³-hybridized carbons (Fsp3) is 0.360. The van der Waals surface area contributed by atoms with Crippen LogP contribution in [0.25, 0.3) is 21.9 Å². The molecule has 5 rings (SSSR count). The second-order valence-corrected chi connectivity index (χ2v) is 8.49. The number of aliphatic hydroxyl groups excluding tert-OH is 1. The zero-order valence-electron chi connectivity index (χ0n) is 18.3. The number of aromatic amines is 1. The van der Waals surface area contributed by atoms with Crippen molar-refractivity contribution in [3.05, 3.63) is 66.1 Å². The molecule has 0 spiro atoms. The molecule has 7 heteroatoms. The quantitative estimate of drug-likeness (QED) is 0.416. The molecule has 1 fully saturated rings. The van der Waals surface area contributed by atoms with Crippen LogP contribution in [0.2, 0.25) is 0 Å². The molecule has 1 saturated heterocycles. The van der Waals surface area contributed by atoms with Gasteiger partial charge in [-0.2, -0.15) is 0 Å². The Hall–Kier alpha value is -3.00. The first-order valence-electron chi connectivity index (χ1n) is 11.2. The first-order valence-corrected chi connectivity index (χ1v) is 11.2. The molecule has 0 amide bonds. The van der Waals surface area contributed by atoms with Crippen molar-refractivity contribution in [2.75, 3.05) is 26.7 Å². The number of β-amino-alcohol motifs (C(OH)–C–C–N with tert-alkyl or cyclic N) is 1. The molecule has 0 unspecified atom stereocenters. The van der Waals surface area contributed by atoms with Crippen molar-refractivity contribution in [1.29, 1.82) is 0 Å². The highest BCUT2D eigenvalue weighted by Crippen LogP contribution is 2.27. The number of likely N-dealkylation sites (tertiary alicyclic amines) is 1. The molecule has 3 aromatic heterocycles. The van der Waals surface area contributed by atoms with Gasteiger partial charge in [0, 0.05) is 42.6 Å². The third kappa shape index (κ3) is 4.46. The van der Waals surface area contributed by atoms with Gasteiger partial charge in [-0.05, 0) is 74.0 Å². The summed E-state index contributed by atoms with van der Waals surface area (Å²) in [6.07, 6.45) is 5.16. The summed E-state index contributed by atoms with van der Waals surface area (Å²) in [6, 6.07) is 14.3. The van der Waals surface area contributed by atoms with Gasteiger partial charge < -0.3 is 25.0 Å². The molecule has 0 aliphatic carbocycles. The lowest BCUT2D eigenvalue weighted by Gasteiger charge is -2.33. The Bertz CT molecular complexity index is 1170. The van der Waals surface area contributed by atoms with Crippen LogP contribution in [0.4, 0.5) is 0 Å². The van der Waals surface area contributed by atoms with Gasteiger partial charge in [0.2, 0.25) is 0 Å². The maximum absolute atomic E-state index is 11.0. The zero-order chi connectivity index (χ0) is 21.9. The lowest BCUT2D eigenvalue weighted by Crippen LogP contribution is -2.43. The molecule has 166 valence electrons. The number of piperidine rings is 1. The maximum Gasteiger partial charge on any atom is 0.119 e. The van der Waals surface area contributed by atoms with Crippen LogP contribution in [0, 0.1) is 0 Å². The Morgan fingerprint density at radius 1 is 1.12 bits per heavy atom. The number of methoxy groups -OCH3 is 1. The van der Waals surface area contributed by atoms with Crippen molar-refractivity contribution in [2.24, 2.45) is 0 Å². The number of aliphatic hydroxyl groups is 1. The Balaban J connectivity index is 1.16. The van der Waals surface area contributed by atoms with E-state index in [2.05, 4.69) is 37.3 Å². The first kappa shape index (κ1) is 20.9. The molecule has 0 bridgehead atoms. The van der Waals surface area contributed by atoms with E-state index in [4.69, 9.17) is 4.74 Å². The predicted octanol–water partition coefficient (Wildman–Crippen LogP) is 3.41. The summed E-state index contributed by atoms with van der Waals surface area (Å²) < 4.78 is 5.36. The molecule has 3 N–H and O–H groups in total. The van der Waals surface area contributed by atoms with Gasteiger partial charge in [0.1, 0.15) is 5.75 Å². The third-order valence-electron chi connectivity index (χ3n) is 6.39. The normalized spacial score (nSPS) is 16.6. The molecule has 1 aliphatic heterocycles. The number of nitrogens with zero attached hydrogens (tertiary/aromatic N) is 3. The highest BCUT2D eigenvalue weighted by Gasteiger charge is 2.22. The minimum absolute atomic E-state index is 0.480. The van der Waals surface area contributed by atoms with E-state index in [-0.39, 0.29) is 0 Å². The number of hydrogen-bond donors (Lipinski definition) is 3. The second-order valence-electron chi connectivity index (χ2n) is 8.49. The third-order valence-corrected chi connectivity index (χ3v) is 6.39. The molecule has 0 radical (unpaired) electrons. The van der Waals surface area contributed by atoms with Gasteiger partial charge in [-0.25, -0.2) is 0 Å². The Morgan fingerprint density at radius 2 is 1.97 bits per heavy atom. The molecular formula is C25H29N5O2. The summed E-state index contributed by atoms with van der Waals surface area (Å²) in [5, 5.41) is 15.6. The van der Waals surface area contributed by atoms with Crippen LogP contribution in [0.1, 0.15) is 30.2 Å². The smallest absolute Gasteiger partial charge is 0.119 e. The number of pyridine rings is 2. The largest absolute Gasteiger partial charge is 0.497 e. The summed E-state index contributed by atoms with van der Waals surface area (Å²) in [7, 11) is 1.65. The van der Waals surface area contributed by atoms with Gasteiger partial charge in [-0.3, -0.25) is 9.97 Å².